The molecule has 1 aliphatic rings. The second-order valence-corrected chi connectivity index (χ2v) is 6.31. The maximum Gasteiger partial charge on any atom is 0.227 e. The van der Waals surface area contributed by atoms with Gasteiger partial charge in [-0.2, -0.15) is 11.8 Å². The number of carbonyl (C=O) groups excluding carboxylic acids is 1. The molecule has 1 heterocycles. The molecule has 104 valence electrons. The second-order valence-electron chi connectivity index (χ2n) is 4.68. The fourth-order valence-corrected chi connectivity index (χ4v) is 3.38. The summed E-state index contributed by atoms with van der Waals surface area (Å²) in [6, 6.07) is 3.60. The van der Waals surface area contributed by atoms with Gasteiger partial charge in [0.15, 0.2) is 0 Å². The molecule has 3 nitrogen and oxygen atoms in total. The van der Waals surface area contributed by atoms with Gasteiger partial charge in [-0.15, -0.1) is 0 Å². The zero-order chi connectivity index (χ0) is 13.8. The van der Waals surface area contributed by atoms with E-state index in [9.17, 15) is 4.79 Å². The quantitative estimate of drug-likeness (QED) is 0.924. The van der Waals surface area contributed by atoms with E-state index in [2.05, 4.69) is 5.32 Å². The van der Waals surface area contributed by atoms with Crippen molar-refractivity contribution in [3.8, 4) is 5.75 Å². The molecule has 0 spiro atoms. The molecular weight excluding hydrogens is 282 g/mol. The number of aryl methyl sites for hydroxylation is 1. The van der Waals surface area contributed by atoms with Crippen LogP contribution in [0.1, 0.15) is 18.4 Å². The van der Waals surface area contributed by atoms with Crippen LogP contribution < -0.4 is 10.1 Å². The van der Waals surface area contributed by atoms with Crippen LogP contribution in [0.3, 0.4) is 0 Å². The minimum absolute atomic E-state index is 0.0836. The van der Waals surface area contributed by atoms with Gasteiger partial charge in [-0.3, -0.25) is 4.79 Å². The molecule has 1 saturated heterocycles. The van der Waals surface area contributed by atoms with Crippen molar-refractivity contribution in [2.45, 2.75) is 19.8 Å². The zero-order valence-electron chi connectivity index (χ0n) is 11.2. The highest BCUT2D eigenvalue weighted by atomic mass is 35.5. The molecule has 0 bridgehead atoms. The number of amides is 1. The molecule has 0 radical (unpaired) electrons. The minimum atomic E-state index is 0.0836. The van der Waals surface area contributed by atoms with Crippen molar-refractivity contribution in [2.75, 3.05) is 23.9 Å². The number of methoxy groups -OCH3 is 1. The largest absolute Gasteiger partial charge is 0.495 e. The molecule has 0 saturated carbocycles. The smallest absolute Gasteiger partial charge is 0.227 e. The van der Waals surface area contributed by atoms with Gasteiger partial charge in [0.1, 0.15) is 5.75 Å². The van der Waals surface area contributed by atoms with Gasteiger partial charge in [-0.25, -0.2) is 0 Å². The third-order valence-corrected chi connectivity index (χ3v) is 4.79. The van der Waals surface area contributed by atoms with Crippen LogP contribution in [-0.2, 0) is 4.79 Å². The van der Waals surface area contributed by atoms with Gasteiger partial charge in [-0.05, 0) is 42.9 Å². The summed E-state index contributed by atoms with van der Waals surface area (Å²) in [4.78, 5) is 12.2. The van der Waals surface area contributed by atoms with Crippen molar-refractivity contribution in [3.63, 3.8) is 0 Å². The normalized spacial score (nSPS) is 16.2. The van der Waals surface area contributed by atoms with E-state index in [0.717, 1.165) is 29.9 Å². The Balaban J connectivity index is 2.13. The molecule has 1 aliphatic heterocycles. The Morgan fingerprint density at radius 1 is 1.42 bits per heavy atom. The lowest BCUT2D eigenvalue weighted by Gasteiger charge is -2.21. The number of benzene rings is 1. The topological polar surface area (TPSA) is 38.3 Å². The Morgan fingerprint density at radius 3 is 2.74 bits per heavy atom. The highest BCUT2D eigenvalue weighted by molar-refractivity contribution is 7.99. The number of nitrogens with one attached hydrogen (secondary N) is 1. The third-order valence-electron chi connectivity index (χ3n) is 3.33. The van der Waals surface area contributed by atoms with Crippen LogP contribution in [0.2, 0.25) is 5.02 Å². The standard InChI is InChI=1S/C14H18ClNO2S/c1-9-7-12(13(18-2)8-11(9)15)16-14(17)10-3-5-19-6-4-10/h7-8,10H,3-6H2,1-2H3,(H,16,17). The second kappa shape index (κ2) is 6.53. The highest BCUT2D eigenvalue weighted by Crippen LogP contribution is 2.32. The maximum absolute atomic E-state index is 12.2. The molecule has 19 heavy (non-hydrogen) atoms. The maximum atomic E-state index is 12.2. The molecule has 1 aromatic rings. The molecule has 0 aliphatic carbocycles. The molecule has 1 amide bonds. The van der Waals surface area contributed by atoms with Gasteiger partial charge in [0.05, 0.1) is 12.8 Å². The first-order chi connectivity index (χ1) is 9.11. The predicted molar refractivity (Wildman–Crippen MR) is 81.4 cm³/mol. The van der Waals surface area contributed by atoms with Crippen LogP contribution in [0.15, 0.2) is 12.1 Å². The molecule has 1 fully saturated rings. The van der Waals surface area contributed by atoms with Crippen LogP contribution in [0.4, 0.5) is 5.69 Å². The molecular formula is C14H18ClNO2S. The van der Waals surface area contributed by atoms with Crippen LogP contribution in [-0.4, -0.2) is 24.5 Å². The van der Waals surface area contributed by atoms with Crippen molar-refractivity contribution >= 4 is 35.0 Å². The molecule has 1 N–H and O–H groups in total. The van der Waals surface area contributed by atoms with E-state index in [1.165, 1.54) is 0 Å². The predicted octanol–water partition coefficient (Wildman–Crippen LogP) is 3.74. The molecule has 2 rings (SSSR count). The molecule has 1 aromatic carbocycles. The molecule has 0 unspecified atom stereocenters. The number of rotatable bonds is 3. The van der Waals surface area contributed by atoms with E-state index in [-0.39, 0.29) is 11.8 Å². The first-order valence-electron chi connectivity index (χ1n) is 6.34. The summed E-state index contributed by atoms with van der Waals surface area (Å²) >= 11 is 7.97. The van der Waals surface area contributed by atoms with E-state index in [0.29, 0.717) is 16.5 Å². The monoisotopic (exact) mass is 299 g/mol. The number of anilines is 1. The number of ether oxygens (including phenoxy) is 1. The van der Waals surface area contributed by atoms with Crippen LogP contribution >= 0.6 is 23.4 Å². The SMILES string of the molecule is COc1cc(Cl)c(C)cc1NC(=O)C1CCSCC1. The van der Waals surface area contributed by atoms with E-state index in [4.69, 9.17) is 16.3 Å². The first-order valence-corrected chi connectivity index (χ1v) is 7.88. The van der Waals surface area contributed by atoms with Gasteiger partial charge in [0.2, 0.25) is 5.91 Å². The summed E-state index contributed by atoms with van der Waals surface area (Å²) in [5.41, 5.74) is 1.63. The van der Waals surface area contributed by atoms with E-state index >= 15 is 0 Å². The summed E-state index contributed by atoms with van der Waals surface area (Å²) < 4.78 is 5.27. The minimum Gasteiger partial charge on any atom is -0.495 e. The van der Waals surface area contributed by atoms with Gasteiger partial charge >= 0.3 is 0 Å². The van der Waals surface area contributed by atoms with E-state index in [1.54, 1.807) is 13.2 Å². The van der Waals surface area contributed by atoms with Gasteiger partial charge in [-0.1, -0.05) is 11.6 Å². The molecule has 0 atom stereocenters. The number of hydrogen-bond donors (Lipinski definition) is 1. The Hall–Kier alpha value is -0.870. The van der Waals surface area contributed by atoms with Crippen LogP contribution in [0, 0.1) is 12.8 Å². The highest BCUT2D eigenvalue weighted by Gasteiger charge is 2.22. The summed E-state index contributed by atoms with van der Waals surface area (Å²) in [7, 11) is 1.58. The summed E-state index contributed by atoms with van der Waals surface area (Å²) in [5.74, 6) is 2.93. The summed E-state index contributed by atoms with van der Waals surface area (Å²) in [6.07, 6.45) is 1.90. The fourth-order valence-electron chi connectivity index (χ4n) is 2.12. The van der Waals surface area contributed by atoms with Crippen molar-refractivity contribution < 1.29 is 9.53 Å². The lowest BCUT2D eigenvalue weighted by Crippen LogP contribution is -2.26. The third kappa shape index (κ3) is 3.57. The van der Waals surface area contributed by atoms with E-state index in [1.807, 2.05) is 24.8 Å². The van der Waals surface area contributed by atoms with Crippen molar-refractivity contribution in [1.82, 2.24) is 0 Å². The number of halogens is 1. The Labute approximate surface area is 123 Å². The fraction of sp³-hybridized carbons (Fsp3) is 0.500. The zero-order valence-corrected chi connectivity index (χ0v) is 12.7. The lowest BCUT2D eigenvalue weighted by molar-refractivity contribution is -0.120. The first kappa shape index (κ1) is 14.5. The number of hydrogen-bond acceptors (Lipinski definition) is 3. The number of thioether (sulfide) groups is 1. The van der Waals surface area contributed by atoms with Crippen molar-refractivity contribution in [1.29, 1.82) is 0 Å². The Morgan fingerprint density at radius 2 is 2.11 bits per heavy atom. The van der Waals surface area contributed by atoms with Crippen LogP contribution in [0.5, 0.6) is 5.75 Å². The summed E-state index contributed by atoms with van der Waals surface area (Å²) in [5, 5.41) is 3.61. The van der Waals surface area contributed by atoms with Crippen molar-refractivity contribution in [3.05, 3.63) is 22.7 Å². The van der Waals surface area contributed by atoms with Crippen LogP contribution in [0.25, 0.3) is 0 Å². The van der Waals surface area contributed by atoms with Gasteiger partial charge in [0.25, 0.3) is 0 Å². The Bertz CT molecular complexity index is 473. The molecule has 0 aromatic heterocycles. The average molecular weight is 300 g/mol. The van der Waals surface area contributed by atoms with Gasteiger partial charge < -0.3 is 10.1 Å². The number of carbonyl (C=O) groups is 1. The summed E-state index contributed by atoms with van der Waals surface area (Å²) in [6.45, 7) is 1.91. The van der Waals surface area contributed by atoms with E-state index < -0.39 is 0 Å². The average Bonchev–Trinajstić information content (AvgIpc) is 2.43. The molecule has 5 heteroatoms. The van der Waals surface area contributed by atoms with Crippen molar-refractivity contribution in [2.24, 2.45) is 5.92 Å². The lowest BCUT2D eigenvalue weighted by atomic mass is 10.0. The Kier molecular flexibility index (Phi) is 4.99. The van der Waals surface area contributed by atoms with Gasteiger partial charge in [0, 0.05) is 17.0 Å².